The van der Waals surface area contributed by atoms with Crippen molar-refractivity contribution in [1.29, 1.82) is 0 Å². The first-order valence-corrected chi connectivity index (χ1v) is 8.92. The second-order valence-corrected chi connectivity index (χ2v) is 6.01. The molecule has 0 aromatic rings. The average molecular weight is 271 g/mol. The van der Waals surface area contributed by atoms with Crippen LogP contribution in [0.3, 0.4) is 0 Å². The number of hydrogen-bond donors (Lipinski definition) is 0. The summed E-state index contributed by atoms with van der Waals surface area (Å²) < 4.78 is 5.76. The van der Waals surface area contributed by atoms with Crippen LogP contribution in [0.5, 0.6) is 0 Å². The number of ether oxygens (including phenoxy) is 1. The zero-order chi connectivity index (χ0) is 14.2. The Morgan fingerprint density at radius 2 is 1.11 bits per heavy atom. The summed E-state index contributed by atoms with van der Waals surface area (Å²) in [5.41, 5.74) is 0. The molecule has 1 heteroatoms. The van der Waals surface area contributed by atoms with Gasteiger partial charge >= 0.3 is 0 Å². The number of unbranched alkanes of at least 4 members (excludes halogenated alkanes) is 10. The molecule has 0 aliphatic rings. The monoisotopic (exact) mass is 270 g/mol. The van der Waals surface area contributed by atoms with Crippen molar-refractivity contribution in [2.75, 3.05) is 6.61 Å². The van der Waals surface area contributed by atoms with Gasteiger partial charge in [-0.1, -0.05) is 84.5 Å². The molecule has 0 radical (unpaired) electrons. The van der Waals surface area contributed by atoms with E-state index in [9.17, 15) is 0 Å². The molecule has 0 spiro atoms. The van der Waals surface area contributed by atoms with E-state index in [0.29, 0.717) is 6.10 Å². The fourth-order valence-corrected chi connectivity index (χ4v) is 2.43. The third-order valence-electron chi connectivity index (χ3n) is 3.86. The fourth-order valence-electron chi connectivity index (χ4n) is 2.43. The maximum atomic E-state index is 5.76. The van der Waals surface area contributed by atoms with Crippen LogP contribution >= 0.6 is 0 Å². The summed E-state index contributed by atoms with van der Waals surface area (Å²) in [5.74, 6) is 0. The first kappa shape index (κ1) is 19.0. The zero-order valence-corrected chi connectivity index (χ0v) is 13.9. The summed E-state index contributed by atoms with van der Waals surface area (Å²) in [5, 5.41) is 0. The summed E-state index contributed by atoms with van der Waals surface area (Å²) >= 11 is 0. The smallest absolute Gasteiger partial charge is 0.0547 e. The van der Waals surface area contributed by atoms with Gasteiger partial charge in [-0.15, -0.1) is 0 Å². The lowest BCUT2D eigenvalue weighted by atomic mass is 10.0. The van der Waals surface area contributed by atoms with Crippen LogP contribution in [0.15, 0.2) is 0 Å². The molecule has 116 valence electrons. The summed E-state index contributed by atoms with van der Waals surface area (Å²) in [6.45, 7) is 7.68. The van der Waals surface area contributed by atoms with E-state index in [0.717, 1.165) is 6.61 Å². The minimum absolute atomic E-state index is 0.473. The highest BCUT2D eigenvalue weighted by atomic mass is 16.5. The highest BCUT2D eigenvalue weighted by Crippen LogP contribution is 2.12. The van der Waals surface area contributed by atoms with Crippen molar-refractivity contribution in [2.24, 2.45) is 0 Å². The Kier molecular flexibility index (Phi) is 16.0. The van der Waals surface area contributed by atoms with Crippen LogP contribution in [0.1, 0.15) is 104 Å². The molecule has 0 saturated carbocycles. The Morgan fingerprint density at radius 3 is 1.63 bits per heavy atom. The first-order valence-electron chi connectivity index (χ1n) is 8.92. The predicted octanol–water partition coefficient (Wildman–Crippen LogP) is 6.50. The molecule has 0 saturated heterocycles. The van der Waals surface area contributed by atoms with E-state index in [4.69, 9.17) is 4.74 Å². The summed E-state index contributed by atoms with van der Waals surface area (Å²) in [6, 6.07) is 0. The predicted molar refractivity (Wildman–Crippen MR) is 86.8 cm³/mol. The van der Waals surface area contributed by atoms with Crippen molar-refractivity contribution in [3.8, 4) is 0 Å². The average Bonchev–Trinajstić information content (AvgIpc) is 2.41. The molecule has 0 aliphatic heterocycles. The van der Waals surface area contributed by atoms with E-state index in [1.54, 1.807) is 0 Å². The molecule has 0 rings (SSSR count). The summed E-state index contributed by atoms with van der Waals surface area (Å²) in [4.78, 5) is 0. The molecule has 1 nitrogen and oxygen atoms in total. The molecule has 0 heterocycles. The van der Waals surface area contributed by atoms with E-state index in [1.807, 2.05) is 0 Å². The Balaban J connectivity index is 3.05. The van der Waals surface area contributed by atoms with Crippen LogP contribution in [0.2, 0.25) is 0 Å². The normalized spacial score (nSPS) is 12.8. The molecule has 0 aliphatic carbocycles. The number of hydrogen-bond acceptors (Lipinski definition) is 1. The lowest BCUT2D eigenvalue weighted by Gasteiger charge is -2.12. The van der Waals surface area contributed by atoms with E-state index in [2.05, 4.69) is 20.8 Å². The van der Waals surface area contributed by atoms with Crippen molar-refractivity contribution in [3.63, 3.8) is 0 Å². The Labute approximate surface area is 122 Å². The van der Waals surface area contributed by atoms with Crippen molar-refractivity contribution < 1.29 is 4.74 Å². The lowest BCUT2D eigenvalue weighted by molar-refractivity contribution is 0.0565. The SMILES string of the molecule is CCCCCCCCCCCCC(C)OCCCC. The van der Waals surface area contributed by atoms with Crippen molar-refractivity contribution in [1.82, 2.24) is 0 Å². The first-order chi connectivity index (χ1) is 9.31. The number of rotatable bonds is 15. The van der Waals surface area contributed by atoms with Crippen LogP contribution < -0.4 is 0 Å². The second-order valence-electron chi connectivity index (χ2n) is 6.01. The van der Waals surface area contributed by atoms with Crippen molar-refractivity contribution in [3.05, 3.63) is 0 Å². The molecule has 0 fully saturated rings. The quantitative estimate of drug-likeness (QED) is 0.308. The molecule has 1 atom stereocenters. The van der Waals surface area contributed by atoms with E-state index in [-0.39, 0.29) is 0 Å². The van der Waals surface area contributed by atoms with E-state index >= 15 is 0 Å². The van der Waals surface area contributed by atoms with Gasteiger partial charge in [-0.3, -0.25) is 0 Å². The van der Waals surface area contributed by atoms with Gasteiger partial charge in [-0.25, -0.2) is 0 Å². The molecule has 1 unspecified atom stereocenters. The summed E-state index contributed by atoms with van der Waals surface area (Å²) in [6.07, 6.45) is 18.4. The maximum Gasteiger partial charge on any atom is 0.0547 e. The second kappa shape index (κ2) is 16.0. The highest BCUT2D eigenvalue weighted by Gasteiger charge is 2.01. The van der Waals surface area contributed by atoms with Gasteiger partial charge in [-0.05, 0) is 19.8 Å². The Hall–Kier alpha value is -0.0400. The van der Waals surface area contributed by atoms with Gasteiger partial charge in [-0.2, -0.15) is 0 Å². The van der Waals surface area contributed by atoms with Crippen LogP contribution in [-0.2, 0) is 4.74 Å². The highest BCUT2D eigenvalue weighted by molar-refractivity contribution is 4.53. The van der Waals surface area contributed by atoms with Gasteiger partial charge in [0.1, 0.15) is 0 Å². The maximum absolute atomic E-state index is 5.76. The van der Waals surface area contributed by atoms with Crippen molar-refractivity contribution in [2.45, 2.75) is 110 Å². The van der Waals surface area contributed by atoms with Crippen LogP contribution in [0.25, 0.3) is 0 Å². The summed E-state index contributed by atoms with van der Waals surface area (Å²) in [7, 11) is 0. The Morgan fingerprint density at radius 1 is 0.632 bits per heavy atom. The van der Waals surface area contributed by atoms with Crippen molar-refractivity contribution >= 4 is 0 Å². The van der Waals surface area contributed by atoms with Gasteiger partial charge in [0.05, 0.1) is 6.10 Å². The van der Waals surface area contributed by atoms with Gasteiger partial charge in [0, 0.05) is 6.61 Å². The van der Waals surface area contributed by atoms with Gasteiger partial charge in [0.2, 0.25) is 0 Å². The van der Waals surface area contributed by atoms with Gasteiger partial charge in [0.15, 0.2) is 0 Å². The molecule has 0 amide bonds. The third kappa shape index (κ3) is 15.9. The third-order valence-corrected chi connectivity index (χ3v) is 3.86. The van der Waals surface area contributed by atoms with Gasteiger partial charge in [0.25, 0.3) is 0 Å². The molecule has 0 aromatic heterocycles. The molecule has 0 N–H and O–H groups in total. The molecule has 0 bridgehead atoms. The molecular weight excluding hydrogens is 232 g/mol. The molecule has 0 aromatic carbocycles. The van der Waals surface area contributed by atoms with Crippen LogP contribution in [-0.4, -0.2) is 12.7 Å². The lowest BCUT2D eigenvalue weighted by Crippen LogP contribution is -2.08. The van der Waals surface area contributed by atoms with Gasteiger partial charge < -0.3 is 4.74 Å². The molecule has 19 heavy (non-hydrogen) atoms. The fraction of sp³-hybridized carbons (Fsp3) is 1.00. The minimum Gasteiger partial charge on any atom is -0.379 e. The van der Waals surface area contributed by atoms with Crippen LogP contribution in [0.4, 0.5) is 0 Å². The topological polar surface area (TPSA) is 9.23 Å². The zero-order valence-electron chi connectivity index (χ0n) is 13.9. The minimum atomic E-state index is 0.473. The largest absolute Gasteiger partial charge is 0.379 e. The molecular formula is C18H38O. The van der Waals surface area contributed by atoms with E-state index < -0.39 is 0 Å². The standard InChI is InChI=1S/C18H38O/c1-4-6-8-9-10-11-12-13-14-15-16-18(3)19-17-7-5-2/h18H,4-17H2,1-3H3. The Bertz CT molecular complexity index is 156. The van der Waals surface area contributed by atoms with Crippen LogP contribution in [0, 0.1) is 0 Å². The van der Waals surface area contributed by atoms with E-state index in [1.165, 1.54) is 83.5 Å².